The number of amides is 4. The number of alkyl halides is 3. The Morgan fingerprint density at radius 1 is 0.833 bits per heavy atom. The smallest absolute Gasteiger partial charge is 0.416 e. The van der Waals surface area contributed by atoms with Gasteiger partial charge in [0.15, 0.2) is 6.61 Å². The highest BCUT2D eigenvalue weighted by molar-refractivity contribution is 5.91. The second-order valence-corrected chi connectivity index (χ2v) is 13.1. The SMILES string of the molecule is CN1CCN(C2CCN(C(=O)COC(=O)N3CCC(N4CCc5ccccc5NC4=O)CC3)CC2)CC1.Cc1cccc(C(F)(F)F)c1. The molecule has 3 saturated heterocycles. The number of hydrogen-bond acceptors (Lipinski definition) is 6. The first-order valence-electron chi connectivity index (χ1n) is 16.9. The number of rotatable bonds is 4. The van der Waals surface area contributed by atoms with Crippen LogP contribution in [-0.4, -0.2) is 127 Å². The monoisotopic (exact) mass is 672 g/mol. The molecule has 0 radical (unpaired) electrons. The van der Waals surface area contributed by atoms with Crippen molar-refractivity contribution in [2.45, 2.75) is 57.3 Å². The van der Waals surface area contributed by atoms with Gasteiger partial charge < -0.3 is 29.7 Å². The lowest BCUT2D eigenvalue weighted by Crippen LogP contribution is -2.53. The van der Waals surface area contributed by atoms with E-state index in [4.69, 9.17) is 4.74 Å². The van der Waals surface area contributed by atoms with E-state index in [0.717, 1.165) is 81.9 Å². The highest BCUT2D eigenvalue weighted by atomic mass is 19.4. The number of nitrogens with zero attached hydrogens (tertiary/aromatic N) is 5. The molecule has 0 saturated carbocycles. The normalized spacial score (nSPS) is 20.3. The molecule has 4 amide bonds. The Balaban J connectivity index is 0.000000349. The van der Waals surface area contributed by atoms with E-state index in [-0.39, 0.29) is 24.6 Å². The van der Waals surface area contributed by atoms with Crippen LogP contribution in [-0.2, 0) is 22.1 Å². The largest absolute Gasteiger partial charge is 0.439 e. The molecule has 0 atom stereocenters. The number of halogens is 3. The van der Waals surface area contributed by atoms with Crippen LogP contribution >= 0.6 is 0 Å². The van der Waals surface area contributed by atoms with E-state index in [2.05, 4.69) is 28.2 Å². The third-order valence-corrected chi connectivity index (χ3v) is 9.84. The van der Waals surface area contributed by atoms with Gasteiger partial charge in [-0.05, 0) is 63.8 Å². The molecule has 0 bridgehead atoms. The van der Waals surface area contributed by atoms with Crippen molar-refractivity contribution in [2.24, 2.45) is 0 Å². The molecule has 4 aliphatic heterocycles. The number of piperidine rings is 2. The van der Waals surface area contributed by atoms with Gasteiger partial charge in [0.2, 0.25) is 0 Å². The Morgan fingerprint density at radius 3 is 2.12 bits per heavy atom. The zero-order valence-electron chi connectivity index (χ0n) is 27.9. The number of ether oxygens (including phenoxy) is 1. The highest BCUT2D eigenvalue weighted by Crippen LogP contribution is 2.29. The number of urea groups is 1. The van der Waals surface area contributed by atoms with Crippen LogP contribution in [0.15, 0.2) is 48.5 Å². The van der Waals surface area contributed by atoms with Crippen molar-refractivity contribution >= 4 is 23.7 Å². The van der Waals surface area contributed by atoms with Crippen molar-refractivity contribution < 1.29 is 32.3 Å². The quantitative estimate of drug-likeness (QED) is 0.496. The van der Waals surface area contributed by atoms with Gasteiger partial charge in [-0.2, -0.15) is 13.2 Å². The van der Waals surface area contributed by atoms with Crippen molar-refractivity contribution in [3.63, 3.8) is 0 Å². The molecule has 0 unspecified atom stereocenters. The number of likely N-dealkylation sites (tertiary alicyclic amines) is 2. The minimum absolute atomic E-state index is 0.0760. The summed E-state index contributed by atoms with van der Waals surface area (Å²) in [4.78, 5) is 48.5. The molecule has 13 heteroatoms. The molecule has 0 aliphatic carbocycles. The van der Waals surface area contributed by atoms with Crippen LogP contribution in [0.25, 0.3) is 0 Å². The third kappa shape index (κ3) is 9.40. The minimum atomic E-state index is -4.22. The van der Waals surface area contributed by atoms with Crippen LogP contribution in [0, 0.1) is 6.92 Å². The molecule has 48 heavy (non-hydrogen) atoms. The molecule has 3 fully saturated rings. The molecule has 2 aromatic rings. The maximum atomic E-state index is 12.8. The number of nitrogens with one attached hydrogen (secondary N) is 1. The molecule has 262 valence electrons. The van der Waals surface area contributed by atoms with Gasteiger partial charge in [-0.1, -0.05) is 42.0 Å². The molecular formula is C35H47F3N6O4. The van der Waals surface area contributed by atoms with Crippen molar-refractivity contribution in [3.05, 3.63) is 65.2 Å². The molecule has 2 aromatic carbocycles. The summed E-state index contributed by atoms with van der Waals surface area (Å²) in [6, 6.07) is 13.7. The average molecular weight is 673 g/mol. The van der Waals surface area contributed by atoms with Crippen LogP contribution in [0.3, 0.4) is 0 Å². The van der Waals surface area contributed by atoms with Crippen molar-refractivity contribution in [1.82, 2.24) is 24.5 Å². The first kappa shape index (κ1) is 35.5. The van der Waals surface area contributed by atoms with E-state index in [1.54, 1.807) is 17.9 Å². The molecule has 4 heterocycles. The van der Waals surface area contributed by atoms with Crippen LogP contribution in [0.1, 0.15) is 42.4 Å². The molecule has 4 aliphatic rings. The Kier molecular flexibility index (Phi) is 11.9. The summed E-state index contributed by atoms with van der Waals surface area (Å²) in [6.45, 7) is 8.98. The summed E-state index contributed by atoms with van der Waals surface area (Å²) in [6.07, 6.45) is -0.484. The Hall–Kier alpha value is -3.84. The first-order chi connectivity index (χ1) is 23.0. The first-order valence-corrected chi connectivity index (χ1v) is 16.9. The Bertz CT molecular complexity index is 1400. The van der Waals surface area contributed by atoms with Crippen molar-refractivity contribution in [3.8, 4) is 0 Å². The molecule has 0 aromatic heterocycles. The summed E-state index contributed by atoms with van der Waals surface area (Å²) < 4.78 is 41.3. The van der Waals surface area contributed by atoms with Gasteiger partial charge in [0.05, 0.1) is 5.56 Å². The summed E-state index contributed by atoms with van der Waals surface area (Å²) in [7, 11) is 2.16. The zero-order chi connectivity index (χ0) is 34.3. The molecule has 0 spiro atoms. The Morgan fingerprint density at radius 2 is 1.48 bits per heavy atom. The predicted octanol–water partition coefficient (Wildman–Crippen LogP) is 4.93. The summed E-state index contributed by atoms with van der Waals surface area (Å²) >= 11 is 0. The fourth-order valence-corrected chi connectivity index (χ4v) is 6.89. The molecular weight excluding hydrogens is 625 g/mol. The molecule has 6 rings (SSSR count). The summed E-state index contributed by atoms with van der Waals surface area (Å²) in [5, 5.41) is 3.03. The second kappa shape index (κ2) is 16.0. The topological polar surface area (TPSA) is 88.7 Å². The van der Waals surface area contributed by atoms with Crippen molar-refractivity contribution in [2.75, 3.05) is 77.9 Å². The van der Waals surface area contributed by atoms with Gasteiger partial charge in [0.25, 0.3) is 5.91 Å². The number of para-hydroxylation sites is 1. The number of likely N-dealkylation sites (N-methyl/N-ethyl adjacent to an activating group) is 1. The van der Waals surface area contributed by atoms with Gasteiger partial charge >= 0.3 is 18.3 Å². The van der Waals surface area contributed by atoms with Gasteiger partial charge in [-0.3, -0.25) is 9.69 Å². The van der Waals surface area contributed by atoms with E-state index in [1.807, 2.05) is 28.0 Å². The van der Waals surface area contributed by atoms with E-state index in [9.17, 15) is 27.6 Å². The van der Waals surface area contributed by atoms with Crippen LogP contribution < -0.4 is 5.32 Å². The fraction of sp³-hybridized carbons (Fsp3) is 0.571. The lowest BCUT2D eigenvalue weighted by molar-refractivity contribution is -0.138. The van der Waals surface area contributed by atoms with Gasteiger partial charge in [0, 0.05) is 76.7 Å². The fourth-order valence-electron chi connectivity index (χ4n) is 6.89. The zero-order valence-corrected chi connectivity index (χ0v) is 27.9. The lowest BCUT2D eigenvalue weighted by Gasteiger charge is -2.42. The lowest BCUT2D eigenvalue weighted by atomic mass is 10.0. The number of anilines is 1. The predicted molar refractivity (Wildman–Crippen MR) is 177 cm³/mol. The maximum Gasteiger partial charge on any atom is 0.416 e. The molecule has 1 N–H and O–H groups in total. The number of carbonyl (C=O) groups is 3. The highest BCUT2D eigenvalue weighted by Gasteiger charge is 2.33. The standard InChI is InChI=1S/C27H40N6O4.C8H7F3/c1-29-16-18-30(19-17-29)22-7-11-31(12-8-22)25(34)20-37-27(36)32-13-9-23(10-14-32)33-15-6-21-4-2-3-5-24(21)28-26(33)35;1-6-3-2-4-7(5-6)8(9,10)11/h2-5,22-23H,6-20H2,1H3,(H,28,35);2-5H,1H3. The van der Waals surface area contributed by atoms with Gasteiger partial charge in [-0.15, -0.1) is 0 Å². The number of fused-ring (bicyclic) bond motifs is 1. The average Bonchev–Trinajstić information content (AvgIpc) is 3.25. The third-order valence-electron chi connectivity index (χ3n) is 9.84. The minimum Gasteiger partial charge on any atom is -0.439 e. The number of hydrogen-bond donors (Lipinski definition) is 1. The number of aryl methyl sites for hydroxylation is 1. The number of carbonyl (C=O) groups excluding carboxylic acids is 3. The van der Waals surface area contributed by atoms with E-state index in [1.165, 1.54) is 6.07 Å². The molecule has 10 nitrogen and oxygen atoms in total. The summed E-state index contributed by atoms with van der Waals surface area (Å²) in [5.41, 5.74) is 2.06. The Labute approximate surface area is 280 Å². The van der Waals surface area contributed by atoms with E-state index in [0.29, 0.717) is 44.1 Å². The van der Waals surface area contributed by atoms with Crippen LogP contribution in [0.5, 0.6) is 0 Å². The van der Waals surface area contributed by atoms with Gasteiger partial charge in [-0.25, -0.2) is 9.59 Å². The maximum absolute atomic E-state index is 12.8. The van der Waals surface area contributed by atoms with Crippen LogP contribution in [0.4, 0.5) is 28.4 Å². The van der Waals surface area contributed by atoms with Crippen molar-refractivity contribution in [1.29, 1.82) is 0 Å². The number of piperazine rings is 1. The van der Waals surface area contributed by atoms with E-state index < -0.39 is 17.8 Å². The van der Waals surface area contributed by atoms with Crippen LogP contribution in [0.2, 0.25) is 0 Å². The van der Waals surface area contributed by atoms with Gasteiger partial charge in [0.1, 0.15) is 0 Å². The van der Waals surface area contributed by atoms with E-state index >= 15 is 0 Å². The summed E-state index contributed by atoms with van der Waals surface area (Å²) in [5.74, 6) is -0.110. The second-order valence-electron chi connectivity index (χ2n) is 13.1. The number of benzene rings is 2.